The summed E-state index contributed by atoms with van der Waals surface area (Å²) in [7, 11) is 3.15. The van der Waals surface area contributed by atoms with E-state index < -0.39 is 5.97 Å². The number of amides is 1. The number of hydrogen-bond donors (Lipinski definition) is 2. The number of aliphatic carboxylic acids is 1. The highest BCUT2D eigenvalue weighted by molar-refractivity contribution is 5.99. The number of hydrogen-bond acceptors (Lipinski definition) is 4. The Morgan fingerprint density at radius 2 is 2.00 bits per heavy atom. The molecule has 7 nitrogen and oxygen atoms in total. The number of aromatic nitrogens is 2. The number of ether oxygens (including phenoxy) is 1. The molecule has 22 heavy (non-hydrogen) atoms. The molecule has 0 saturated heterocycles. The SMILES string of the molecule is COc1ccc(-c2[nH]ncc2C(=O)N(C)CCC(=O)O)cc1. The molecule has 2 aromatic rings. The molecule has 2 rings (SSSR count). The minimum absolute atomic E-state index is 0.0992. The summed E-state index contributed by atoms with van der Waals surface area (Å²) >= 11 is 0. The summed E-state index contributed by atoms with van der Waals surface area (Å²) in [6, 6.07) is 7.22. The Balaban J connectivity index is 2.20. The lowest BCUT2D eigenvalue weighted by Crippen LogP contribution is -2.29. The van der Waals surface area contributed by atoms with E-state index in [1.807, 2.05) is 12.1 Å². The number of carbonyl (C=O) groups is 2. The zero-order valence-corrected chi connectivity index (χ0v) is 12.4. The Kier molecular flexibility index (Phi) is 4.77. The highest BCUT2D eigenvalue weighted by Crippen LogP contribution is 2.24. The van der Waals surface area contributed by atoms with Crippen LogP contribution in [-0.2, 0) is 4.79 Å². The van der Waals surface area contributed by atoms with Gasteiger partial charge in [0, 0.05) is 19.2 Å². The number of nitrogens with zero attached hydrogens (tertiary/aromatic N) is 2. The molecule has 0 aliphatic rings. The first-order chi connectivity index (χ1) is 10.5. The van der Waals surface area contributed by atoms with Crippen molar-refractivity contribution in [3.8, 4) is 17.0 Å². The number of nitrogens with one attached hydrogen (secondary N) is 1. The summed E-state index contributed by atoms with van der Waals surface area (Å²) in [4.78, 5) is 24.3. The van der Waals surface area contributed by atoms with Crippen LogP contribution in [0.5, 0.6) is 5.75 Å². The molecule has 0 fully saturated rings. The fourth-order valence-electron chi connectivity index (χ4n) is 2.00. The van der Waals surface area contributed by atoms with Crippen molar-refractivity contribution in [1.82, 2.24) is 15.1 Å². The number of carboxylic acids is 1. The van der Waals surface area contributed by atoms with E-state index in [4.69, 9.17) is 9.84 Å². The lowest BCUT2D eigenvalue weighted by Gasteiger charge is -2.16. The maximum atomic E-state index is 12.4. The van der Waals surface area contributed by atoms with Crippen LogP contribution >= 0.6 is 0 Å². The second-order valence-electron chi connectivity index (χ2n) is 4.76. The molecule has 7 heteroatoms. The van der Waals surface area contributed by atoms with Gasteiger partial charge in [0.15, 0.2) is 0 Å². The van der Waals surface area contributed by atoms with Crippen LogP contribution in [-0.4, -0.2) is 52.8 Å². The van der Waals surface area contributed by atoms with Crippen molar-refractivity contribution in [2.75, 3.05) is 20.7 Å². The molecule has 0 radical (unpaired) electrons. The number of benzene rings is 1. The normalized spacial score (nSPS) is 10.3. The summed E-state index contributed by atoms with van der Waals surface area (Å²) in [6.07, 6.45) is 1.34. The average molecular weight is 303 g/mol. The van der Waals surface area contributed by atoms with E-state index in [-0.39, 0.29) is 18.9 Å². The summed E-state index contributed by atoms with van der Waals surface area (Å²) < 4.78 is 5.10. The van der Waals surface area contributed by atoms with E-state index in [2.05, 4.69) is 10.2 Å². The summed E-state index contributed by atoms with van der Waals surface area (Å²) in [5.74, 6) is -0.502. The fraction of sp³-hybridized carbons (Fsp3) is 0.267. The van der Waals surface area contributed by atoms with Crippen molar-refractivity contribution in [3.63, 3.8) is 0 Å². The third-order valence-corrected chi connectivity index (χ3v) is 3.26. The molecule has 0 spiro atoms. The van der Waals surface area contributed by atoms with E-state index in [1.54, 1.807) is 26.3 Å². The Morgan fingerprint density at radius 1 is 1.32 bits per heavy atom. The zero-order chi connectivity index (χ0) is 16.1. The molecule has 0 aliphatic heterocycles. The van der Waals surface area contributed by atoms with Gasteiger partial charge in [-0.05, 0) is 24.3 Å². The Morgan fingerprint density at radius 3 is 2.59 bits per heavy atom. The number of rotatable bonds is 6. The minimum Gasteiger partial charge on any atom is -0.497 e. The zero-order valence-electron chi connectivity index (χ0n) is 12.4. The highest BCUT2D eigenvalue weighted by atomic mass is 16.5. The lowest BCUT2D eigenvalue weighted by molar-refractivity contribution is -0.137. The molecule has 0 atom stereocenters. The van der Waals surface area contributed by atoms with Gasteiger partial charge in [-0.3, -0.25) is 14.7 Å². The van der Waals surface area contributed by atoms with Gasteiger partial charge < -0.3 is 14.7 Å². The van der Waals surface area contributed by atoms with Gasteiger partial charge >= 0.3 is 5.97 Å². The molecular formula is C15H17N3O4. The first-order valence-corrected chi connectivity index (χ1v) is 6.68. The first kappa shape index (κ1) is 15.6. The predicted octanol–water partition coefficient (Wildman–Crippen LogP) is 1.63. The van der Waals surface area contributed by atoms with E-state index in [9.17, 15) is 9.59 Å². The van der Waals surface area contributed by atoms with Gasteiger partial charge in [-0.15, -0.1) is 0 Å². The van der Waals surface area contributed by atoms with Crippen LogP contribution in [0.25, 0.3) is 11.3 Å². The van der Waals surface area contributed by atoms with Gasteiger partial charge in [-0.2, -0.15) is 5.10 Å². The molecule has 0 unspecified atom stereocenters. The molecular weight excluding hydrogens is 286 g/mol. The predicted molar refractivity (Wildman–Crippen MR) is 79.8 cm³/mol. The average Bonchev–Trinajstić information content (AvgIpc) is 3.01. The Hall–Kier alpha value is -2.83. The minimum atomic E-state index is -0.942. The molecule has 0 bridgehead atoms. The fourth-order valence-corrected chi connectivity index (χ4v) is 2.00. The van der Waals surface area contributed by atoms with Crippen molar-refractivity contribution in [2.45, 2.75) is 6.42 Å². The molecule has 1 aromatic carbocycles. The molecule has 116 valence electrons. The lowest BCUT2D eigenvalue weighted by atomic mass is 10.1. The second kappa shape index (κ2) is 6.75. The van der Waals surface area contributed by atoms with Crippen LogP contribution in [0.3, 0.4) is 0 Å². The Labute approximate surface area is 127 Å². The molecule has 1 amide bonds. The third kappa shape index (κ3) is 3.43. The molecule has 0 saturated carbocycles. The third-order valence-electron chi connectivity index (χ3n) is 3.26. The van der Waals surface area contributed by atoms with Crippen LogP contribution in [0.2, 0.25) is 0 Å². The van der Waals surface area contributed by atoms with Gasteiger partial charge in [0.1, 0.15) is 5.75 Å². The number of aromatic amines is 1. The van der Waals surface area contributed by atoms with Gasteiger partial charge in [0.2, 0.25) is 0 Å². The van der Waals surface area contributed by atoms with E-state index in [1.165, 1.54) is 11.1 Å². The van der Waals surface area contributed by atoms with Crippen LogP contribution in [0.4, 0.5) is 0 Å². The van der Waals surface area contributed by atoms with Gasteiger partial charge in [0.25, 0.3) is 5.91 Å². The monoisotopic (exact) mass is 303 g/mol. The molecule has 0 aliphatic carbocycles. The molecule has 1 heterocycles. The van der Waals surface area contributed by atoms with Crippen LogP contribution in [0.1, 0.15) is 16.8 Å². The highest BCUT2D eigenvalue weighted by Gasteiger charge is 2.19. The van der Waals surface area contributed by atoms with Crippen LogP contribution in [0, 0.1) is 0 Å². The number of carbonyl (C=O) groups excluding carboxylic acids is 1. The number of H-pyrrole nitrogens is 1. The van der Waals surface area contributed by atoms with Gasteiger partial charge in [-0.25, -0.2) is 0 Å². The summed E-state index contributed by atoms with van der Waals surface area (Å²) in [6.45, 7) is 0.140. The van der Waals surface area contributed by atoms with Crippen LogP contribution < -0.4 is 4.74 Å². The van der Waals surface area contributed by atoms with E-state index in [0.717, 1.165) is 11.3 Å². The van der Waals surface area contributed by atoms with E-state index in [0.29, 0.717) is 11.3 Å². The van der Waals surface area contributed by atoms with E-state index >= 15 is 0 Å². The second-order valence-corrected chi connectivity index (χ2v) is 4.76. The quantitative estimate of drug-likeness (QED) is 0.845. The van der Waals surface area contributed by atoms with Crippen molar-refractivity contribution in [1.29, 1.82) is 0 Å². The number of carboxylic acid groups (broad SMARTS) is 1. The largest absolute Gasteiger partial charge is 0.497 e. The first-order valence-electron chi connectivity index (χ1n) is 6.68. The smallest absolute Gasteiger partial charge is 0.305 e. The maximum absolute atomic E-state index is 12.4. The topological polar surface area (TPSA) is 95.5 Å². The van der Waals surface area contributed by atoms with Crippen molar-refractivity contribution in [2.24, 2.45) is 0 Å². The standard InChI is InChI=1S/C15H17N3O4/c1-18(8-7-13(19)20)15(21)12-9-16-17-14(12)10-3-5-11(22-2)6-4-10/h3-6,9H,7-8H2,1-2H3,(H,16,17)(H,19,20). The number of methoxy groups -OCH3 is 1. The van der Waals surface area contributed by atoms with Gasteiger partial charge in [0.05, 0.1) is 31.0 Å². The van der Waals surface area contributed by atoms with Crippen molar-refractivity contribution < 1.29 is 19.4 Å². The summed E-state index contributed by atoms with van der Waals surface area (Å²) in [5.41, 5.74) is 1.79. The molecule has 2 N–H and O–H groups in total. The van der Waals surface area contributed by atoms with Crippen molar-refractivity contribution >= 4 is 11.9 Å². The van der Waals surface area contributed by atoms with Gasteiger partial charge in [-0.1, -0.05) is 0 Å². The van der Waals surface area contributed by atoms with Crippen molar-refractivity contribution in [3.05, 3.63) is 36.0 Å². The Bertz CT molecular complexity index is 664. The maximum Gasteiger partial charge on any atom is 0.305 e. The summed E-state index contributed by atoms with van der Waals surface area (Å²) in [5, 5.41) is 15.4. The molecule has 1 aromatic heterocycles. The van der Waals surface area contributed by atoms with Crippen LogP contribution in [0.15, 0.2) is 30.5 Å².